The number of hydrogen-bond donors (Lipinski definition) is 2. The summed E-state index contributed by atoms with van der Waals surface area (Å²) < 4.78 is 0.984. The molecule has 2 aromatic carbocycles. The van der Waals surface area contributed by atoms with Crippen molar-refractivity contribution >= 4 is 45.6 Å². The van der Waals surface area contributed by atoms with Crippen LogP contribution in [0.3, 0.4) is 0 Å². The Morgan fingerprint density at radius 2 is 2.09 bits per heavy atom. The minimum Gasteiger partial charge on any atom is -0.481 e. The van der Waals surface area contributed by atoms with Crippen molar-refractivity contribution in [2.45, 2.75) is 13.3 Å². The first-order valence-corrected chi connectivity index (χ1v) is 7.47. The van der Waals surface area contributed by atoms with Crippen LogP contribution in [0, 0.1) is 20.6 Å². The Morgan fingerprint density at radius 3 is 2.68 bits per heavy atom. The number of carboxylic acids is 1. The second kappa shape index (κ2) is 6.73. The van der Waals surface area contributed by atoms with Crippen molar-refractivity contribution in [1.82, 2.24) is 0 Å². The second-order valence-electron chi connectivity index (χ2n) is 4.73. The van der Waals surface area contributed by atoms with Crippen LogP contribution in [0.4, 0.5) is 17.1 Å². The molecule has 0 aromatic heterocycles. The number of carbonyl (C=O) groups is 1. The first-order chi connectivity index (χ1) is 10.4. The Labute approximate surface area is 140 Å². The van der Waals surface area contributed by atoms with Gasteiger partial charge in [-0.15, -0.1) is 0 Å². The fraction of sp³-hybridized carbons (Fsp3) is 0.133. The van der Waals surface area contributed by atoms with Crippen LogP contribution in [0.5, 0.6) is 0 Å². The van der Waals surface area contributed by atoms with Crippen LogP contribution in [0.15, 0.2) is 36.4 Å². The highest BCUT2D eigenvalue weighted by Crippen LogP contribution is 2.30. The molecule has 0 saturated heterocycles. The van der Waals surface area contributed by atoms with E-state index >= 15 is 0 Å². The van der Waals surface area contributed by atoms with E-state index in [4.69, 9.17) is 5.11 Å². The van der Waals surface area contributed by atoms with E-state index in [-0.39, 0.29) is 12.1 Å². The van der Waals surface area contributed by atoms with Crippen LogP contribution in [-0.2, 0) is 11.2 Å². The molecule has 0 heterocycles. The van der Waals surface area contributed by atoms with E-state index in [9.17, 15) is 14.9 Å². The normalized spacial score (nSPS) is 10.3. The molecule has 0 atom stereocenters. The Hall–Kier alpha value is -2.16. The van der Waals surface area contributed by atoms with Gasteiger partial charge in [-0.05, 0) is 52.8 Å². The molecule has 0 radical (unpaired) electrons. The van der Waals surface area contributed by atoms with Gasteiger partial charge >= 0.3 is 5.97 Å². The lowest BCUT2D eigenvalue weighted by atomic mass is 10.1. The van der Waals surface area contributed by atoms with E-state index in [1.807, 2.05) is 25.1 Å². The van der Waals surface area contributed by atoms with Gasteiger partial charge in [0, 0.05) is 21.4 Å². The lowest BCUT2D eigenvalue weighted by Crippen LogP contribution is -2.06. The Bertz CT molecular complexity index is 726. The largest absolute Gasteiger partial charge is 0.481 e. The monoisotopic (exact) mass is 412 g/mol. The van der Waals surface area contributed by atoms with Gasteiger partial charge in [0.1, 0.15) is 0 Å². The molecule has 2 N–H and O–H groups in total. The van der Waals surface area contributed by atoms with Gasteiger partial charge in [-0.3, -0.25) is 14.9 Å². The van der Waals surface area contributed by atoms with Gasteiger partial charge in [0.25, 0.3) is 5.69 Å². The third-order valence-electron chi connectivity index (χ3n) is 3.12. The molecule has 0 unspecified atom stereocenters. The Morgan fingerprint density at radius 1 is 1.36 bits per heavy atom. The number of hydrogen-bond acceptors (Lipinski definition) is 4. The summed E-state index contributed by atoms with van der Waals surface area (Å²) in [5.41, 5.74) is 2.68. The van der Waals surface area contributed by atoms with Gasteiger partial charge in [-0.25, -0.2) is 0 Å². The van der Waals surface area contributed by atoms with E-state index in [2.05, 4.69) is 27.9 Å². The van der Waals surface area contributed by atoms with Crippen LogP contribution in [0.1, 0.15) is 11.1 Å². The highest BCUT2D eigenvalue weighted by Gasteiger charge is 2.14. The van der Waals surface area contributed by atoms with Crippen LogP contribution < -0.4 is 5.32 Å². The van der Waals surface area contributed by atoms with Crippen molar-refractivity contribution in [1.29, 1.82) is 0 Å². The summed E-state index contributed by atoms with van der Waals surface area (Å²) in [7, 11) is 0. The smallest absolute Gasteiger partial charge is 0.307 e. The van der Waals surface area contributed by atoms with Crippen LogP contribution >= 0.6 is 22.6 Å². The molecule has 7 heteroatoms. The molecule has 0 aliphatic carbocycles. The molecule has 2 aromatic rings. The third-order valence-corrected chi connectivity index (χ3v) is 4.02. The zero-order valence-electron chi connectivity index (χ0n) is 11.7. The number of rotatable bonds is 5. The number of para-hydroxylation sites is 1. The molecule has 114 valence electrons. The summed E-state index contributed by atoms with van der Waals surface area (Å²) in [5.74, 6) is -1.04. The number of nitrogens with one attached hydrogen (secondary N) is 1. The summed E-state index contributed by atoms with van der Waals surface area (Å²) in [5, 5.41) is 23.0. The quantitative estimate of drug-likeness (QED) is 0.442. The molecule has 0 spiro atoms. The molecule has 0 bridgehead atoms. The van der Waals surface area contributed by atoms with Crippen molar-refractivity contribution in [3.8, 4) is 0 Å². The zero-order chi connectivity index (χ0) is 16.3. The minimum atomic E-state index is -1.04. The van der Waals surface area contributed by atoms with Gasteiger partial charge in [-0.1, -0.05) is 12.1 Å². The van der Waals surface area contributed by atoms with Crippen LogP contribution in [0.25, 0.3) is 0 Å². The molecular weight excluding hydrogens is 399 g/mol. The molecule has 0 fully saturated rings. The fourth-order valence-corrected chi connectivity index (χ4v) is 2.82. The van der Waals surface area contributed by atoms with Crippen molar-refractivity contribution in [2.75, 3.05) is 5.32 Å². The standard InChI is InChI=1S/C15H13IN2O4/c1-9-3-2-4-12(16)15(9)17-13-6-5-11(18(21)22)7-10(13)8-14(19)20/h2-7,17H,8H2,1H3,(H,19,20). The first kappa shape index (κ1) is 16.2. The average molecular weight is 412 g/mol. The van der Waals surface area contributed by atoms with E-state index in [0.29, 0.717) is 11.3 Å². The fourth-order valence-electron chi connectivity index (χ4n) is 2.05. The predicted molar refractivity (Wildman–Crippen MR) is 91.6 cm³/mol. The molecule has 6 nitrogen and oxygen atoms in total. The topological polar surface area (TPSA) is 92.5 Å². The summed E-state index contributed by atoms with van der Waals surface area (Å²) in [4.78, 5) is 21.3. The molecule has 0 aliphatic heterocycles. The number of aliphatic carboxylic acids is 1. The molecule has 2 rings (SSSR count). The number of non-ortho nitro benzene ring substituents is 1. The number of carboxylic acid groups (broad SMARTS) is 1. The first-order valence-electron chi connectivity index (χ1n) is 6.39. The molecule has 0 aliphatic rings. The van der Waals surface area contributed by atoms with Crippen molar-refractivity contribution < 1.29 is 14.8 Å². The Balaban J connectivity index is 2.45. The van der Waals surface area contributed by atoms with Gasteiger partial charge < -0.3 is 10.4 Å². The third kappa shape index (κ3) is 3.73. The average Bonchev–Trinajstić information content (AvgIpc) is 2.43. The van der Waals surface area contributed by atoms with Gasteiger partial charge in [0.15, 0.2) is 0 Å². The van der Waals surface area contributed by atoms with Crippen LogP contribution in [0.2, 0.25) is 0 Å². The highest BCUT2D eigenvalue weighted by atomic mass is 127. The van der Waals surface area contributed by atoms with Gasteiger partial charge in [-0.2, -0.15) is 0 Å². The van der Waals surface area contributed by atoms with E-state index in [1.165, 1.54) is 12.1 Å². The maximum absolute atomic E-state index is 11.0. The number of anilines is 2. The van der Waals surface area contributed by atoms with E-state index in [1.54, 1.807) is 6.07 Å². The lowest BCUT2D eigenvalue weighted by Gasteiger charge is -2.14. The number of aryl methyl sites for hydroxylation is 1. The second-order valence-corrected chi connectivity index (χ2v) is 5.89. The van der Waals surface area contributed by atoms with Crippen LogP contribution in [-0.4, -0.2) is 16.0 Å². The van der Waals surface area contributed by atoms with Gasteiger partial charge in [0.2, 0.25) is 0 Å². The van der Waals surface area contributed by atoms with Gasteiger partial charge in [0.05, 0.1) is 17.0 Å². The number of halogens is 1. The molecule has 22 heavy (non-hydrogen) atoms. The van der Waals surface area contributed by atoms with Crippen molar-refractivity contribution in [3.05, 3.63) is 61.2 Å². The summed E-state index contributed by atoms with van der Waals surface area (Å²) in [6, 6.07) is 9.99. The molecule has 0 saturated carbocycles. The summed E-state index contributed by atoms with van der Waals surface area (Å²) in [6.07, 6.45) is -0.285. The SMILES string of the molecule is Cc1cccc(I)c1Nc1ccc([N+](=O)[O-])cc1CC(=O)O. The lowest BCUT2D eigenvalue weighted by molar-refractivity contribution is -0.384. The maximum Gasteiger partial charge on any atom is 0.307 e. The van der Waals surface area contributed by atoms with Crippen molar-refractivity contribution in [2.24, 2.45) is 0 Å². The van der Waals surface area contributed by atoms with E-state index in [0.717, 1.165) is 14.8 Å². The minimum absolute atomic E-state index is 0.124. The number of nitro groups is 1. The Kier molecular flexibility index (Phi) is 4.96. The molecular formula is C15H13IN2O4. The number of nitro benzene ring substituents is 1. The van der Waals surface area contributed by atoms with E-state index < -0.39 is 10.9 Å². The maximum atomic E-state index is 11.0. The number of benzene rings is 2. The number of nitrogens with zero attached hydrogens (tertiary/aromatic N) is 1. The predicted octanol–water partition coefficient (Wildman–Crippen LogP) is 3.88. The van der Waals surface area contributed by atoms with Crippen molar-refractivity contribution in [3.63, 3.8) is 0 Å². The zero-order valence-corrected chi connectivity index (χ0v) is 13.8. The summed E-state index contributed by atoms with van der Waals surface area (Å²) in [6.45, 7) is 1.94. The molecule has 0 amide bonds. The highest BCUT2D eigenvalue weighted by molar-refractivity contribution is 14.1. The summed E-state index contributed by atoms with van der Waals surface area (Å²) >= 11 is 2.18.